The summed E-state index contributed by atoms with van der Waals surface area (Å²) in [5.74, 6) is -0.572. The van der Waals surface area contributed by atoms with E-state index in [0.717, 1.165) is 61.4 Å². The highest BCUT2D eigenvalue weighted by Gasteiger charge is 2.15. The van der Waals surface area contributed by atoms with E-state index in [4.69, 9.17) is 9.84 Å². The molecule has 4 N–H and O–H groups in total. The van der Waals surface area contributed by atoms with Gasteiger partial charge in [-0.1, -0.05) is 18.2 Å². The van der Waals surface area contributed by atoms with Gasteiger partial charge in [-0.2, -0.15) is 5.26 Å². The topological polar surface area (TPSA) is 118 Å². The molecule has 3 rings (SSSR count). The largest absolute Gasteiger partial charge is 0.394 e. The van der Waals surface area contributed by atoms with E-state index in [0.29, 0.717) is 5.57 Å². The Hall–Kier alpha value is -2.96. The highest BCUT2D eigenvalue weighted by atomic mass is 16.5. The fourth-order valence-electron chi connectivity index (χ4n) is 3.58. The van der Waals surface area contributed by atoms with Gasteiger partial charge in [0.15, 0.2) is 0 Å². The second kappa shape index (κ2) is 11.6. The van der Waals surface area contributed by atoms with Crippen molar-refractivity contribution in [3.63, 3.8) is 0 Å². The predicted octanol–water partition coefficient (Wildman–Crippen LogP) is 1.35. The number of ether oxygens (including phenoxy) is 1. The molecule has 1 aliphatic heterocycles. The molecule has 0 saturated carbocycles. The molecule has 2 aromatic rings. The number of rotatable bonds is 9. The molecule has 1 amide bonds. The van der Waals surface area contributed by atoms with Crippen molar-refractivity contribution in [2.45, 2.75) is 13.0 Å². The van der Waals surface area contributed by atoms with Gasteiger partial charge < -0.3 is 25.6 Å². The molecule has 0 bridgehead atoms. The van der Waals surface area contributed by atoms with Crippen LogP contribution in [-0.4, -0.2) is 79.7 Å². The van der Waals surface area contributed by atoms with E-state index in [9.17, 15) is 15.2 Å². The number of amides is 1. The van der Waals surface area contributed by atoms with Crippen LogP contribution in [0.15, 0.2) is 42.0 Å². The summed E-state index contributed by atoms with van der Waals surface area (Å²) in [6.07, 6.45) is -1.06. The van der Waals surface area contributed by atoms with Crippen LogP contribution < -0.4 is 10.6 Å². The number of benzene rings is 2. The first-order valence-electron chi connectivity index (χ1n) is 10.8. The van der Waals surface area contributed by atoms with E-state index in [-0.39, 0.29) is 12.1 Å². The summed E-state index contributed by atoms with van der Waals surface area (Å²) < 4.78 is 5.38. The minimum absolute atomic E-state index is 0.0177. The van der Waals surface area contributed by atoms with Gasteiger partial charge in [0.1, 0.15) is 11.6 Å². The maximum absolute atomic E-state index is 12.3. The zero-order valence-corrected chi connectivity index (χ0v) is 18.3. The number of nitrogens with one attached hydrogen (secondary N) is 2. The Morgan fingerprint density at radius 1 is 1.22 bits per heavy atom. The third-order valence-electron chi connectivity index (χ3n) is 5.56. The summed E-state index contributed by atoms with van der Waals surface area (Å²) in [6, 6.07) is 13.9. The molecule has 2 aromatic carbocycles. The van der Waals surface area contributed by atoms with Gasteiger partial charge in [-0.15, -0.1) is 0 Å². The predicted molar refractivity (Wildman–Crippen MR) is 124 cm³/mol. The Morgan fingerprint density at radius 3 is 2.66 bits per heavy atom. The molecule has 8 nitrogen and oxygen atoms in total. The molecule has 1 saturated heterocycles. The maximum Gasteiger partial charge on any atom is 0.262 e. The van der Waals surface area contributed by atoms with E-state index in [1.54, 1.807) is 6.92 Å². The van der Waals surface area contributed by atoms with Crippen LogP contribution in [0.25, 0.3) is 16.3 Å². The molecular weight excluding hydrogens is 408 g/mol. The number of hydrogen-bond acceptors (Lipinski definition) is 7. The number of nitriles is 1. The van der Waals surface area contributed by atoms with Crippen molar-refractivity contribution in [1.82, 2.24) is 10.2 Å². The molecular formula is C24H30N4O4. The standard InChI is InChI=1S/C24H30N4O4/c1-17(23(14-25)24(31)27-15-22(30)16-29)18-2-3-20-13-21(5-4-19(20)12-18)26-6-7-28-8-10-32-11-9-28/h2-5,12-13,22,26,29-30H,6-11,15-16H2,1H3,(H,27,31)/b23-17+. The first-order chi connectivity index (χ1) is 15.5. The molecule has 1 fully saturated rings. The lowest BCUT2D eigenvalue weighted by atomic mass is 9.98. The first kappa shape index (κ1) is 23.7. The van der Waals surface area contributed by atoms with Crippen molar-refractivity contribution in [3.05, 3.63) is 47.5 Å². The van der Waals surface area contributed by atoms with Gasteiger partial charge in [0.05, 0.1) is 25.9 Å². The summed E-state index contributed by atoms with van der Waals surface area (Å²) in [6.45, 7) is 6.52. The van der Waals surface area contributed by atoms with Crippen LogP contribution in [0, 0.1) is 11.3 Å². The molecule has 0 spiro atoms. The number of aliphatic hydroxyl groups excluding tert-OH is 2. The van der Waals surface area contributed by atoms with E-state index in [1.165, 1.54) is 0 Å². The average molecular weight is 439 g/mol. The second-order valence-corrected chi connectivity index (χ2v) is 7.82. The summed E-state index contributed by atoms with van der Waals surface area (Å²) >= 11 is 0. The Morgan fingerprint density at radius 2 is 1.94 bits per heavy atom. The molecule has 32 heavy (non-hydrogen) atoms. The molecule has 0 aliphatic carbocycles. The monoisotopic (exact) mass is 438 g/mol. The highest BCUT2D eigenvalue weighted by Crippen LogP contribution is 2.25. The third kappa shape index (κ3) is 6.28. The lowest BCUT2D eigenvalue weighted by Gasteiger charge is -2.26. The molecule has 8 heteroatoms. The van der Waals surface area contributed by atoms with Crippen molar-refractivity contribution >= 4 is 27.9 Å². The smallest absolute Gasteiger partial charge is 0.262 e. The van der Waals surface area contributed by atoms with Crippen LogP contribution in [0.3, 0.4) is 0 Å². The Kier molecular flexibility index (Phi) is 8.59. The third-order valence-corrected chi connectivity index (χ3v) is 5.56. The lowest BCUT2D eigenvalue weighted by molar-refractivity contribution is -0.117. The summed E-state index contributed by atoms with van der Waals surface area (Å²) in [5.41, 5.74) is 2.36. The molecule has 1 unspecified atom stereocenters. The van der Waals surface area contributed by atoms with Gasteiger partial charge in [0.25, 0.3) is 5.91 Å². The van der Waals surface area contributed by atoms with Crippen LogP contribution in [0.1, 0.15) is 12.5 Å². The molecule has 1 aliphatic rings. The zero-order chi connectivity index (χ0) is 22.9. The molecule has 0 radical (unpaired) electrons. The van der Waals surface area contributed by atoms with E-state index in [2.05, 4.69) is 21.6 Å². The lowest BCUT2D eigenvalue weighted by Crippen LogP contribution is -2.38. The number of nitrogens with zero attached hydrogens (tertiary/aromatic N) is 2. The van der Waals surface area contributed by atoms with Crippen LogP contribution in [0.4, 0.5) is 5.69 Å². The Balaban J connectivity index is 1.68. The first-order valence-corrected chi connectivity index (χ1v) is 10.8. The minimum atomic E-state index is -1.06. The van der Waals surface area contributed by atoms with Gasteiger partial charge in [0.2, 0.25) is 0 Å². The number of hydrogen-bond donors (Lipinski definition) is 4. The molecule has 1 atom stereocenters. The molecule has 0 aromatic heterocycles. The number of carbonyl (C=O) groups is 1. The van der Waals surface area contributed by atoms with Gasteiger partial charge in [0, 0.05) is 38.4 Å². The SMILES string of the molecule is C/C(=C(/C#N)C(=O)NCC(O)CO)c1ccc2cc(NCCN3CCOCC3)ccc2c1. The maximum atomic E-state index is 12.3. The summed E-state index contributed by atoms with van der Waals surface area (Å²) in [5, 5.41) is 35.8. The van der Waals surface area contributed by atoms with Gasteiger partial charge >= 0.3 is 0 Å². The second-order valence-electron chi connectivity index (χ2n) is 7.82. The van der Waals surface area contributed by atoms with Crippen LogP contribution in [-0.2, 0) is 9.53 Å². The van der Waals surface area contributed by atoms with Gasteiger partial charge in [-0.3, -0.25) is 9.69 Å². The fraction of sp³-hybridized carbons (Fsp3) is 0.417. The number of fused-ring (bicyclic) bond motifs is 1. The summed E-state index contributed by atoms with van der Waals surface area (Å²) in [4.78, 5) is 14.7. The van der Waals surface area contributed by atoms with Crippen molar-refractivity contribution in [1.29, 1.82) is 5.26 Å². The quantitative estimate of drug-likeness (QED) is 0.345. The zero-order valence-electron chi connectivity index (χ0n) is 18.3. The number of carbonyl (C=O) groups excluding carboxylic acids is 1. The van der Waals surface area contributed by atoms with E-state index < -0.39 is 18.6 Å². The number of allylic oxidation sites excluding steroid dienone is 1. The molecule has 170 valence electrons. The van der Waals surface area contributed by atoms with Crippen LogP contribution in [0.5, 0.6) is 0 Å². The van der Waals surface area contributed by atoms with Crippen molar-refractivity contribution in [2.24, 2.45) is 0 Å². The highest BCUT2D eigenvalue weighted by molar-refractivity contribution is 6.05. The van der Waals surface area contributed by atoms with E-state index in [1.807, 2.05) is 36.4 Å². The van der Waals surface area contributed by atoms with Crippen molar-refractivity contribution in [2.75, 3.05) is 57.9 Å². The van der Waals surface area contributed by atoms with Crippen LogP contribution >= 0.6 is 0 Å². The molecule has 1 heterocycles. The fourth-order valence-corrected chi connectivity index (χ4v) is 3.58. The normalized spacial score (nSPS) is 16.2. The average Bonchev–Trinajstić information content (AvgIpc) is 2.83. The van der Waals surface area contributed by atoms with Crippen molar-refractivity contribution < 1.29 is 19.7 Å². The van der Waals surface area contributed by atoms with Crippen LogP contribution in [0.2, 0.25) is 0 Å². The summed E-state index contributed by atoms with van der Waals surface area (Å²) in [7, 11) is 0. The Bertz CT molecular complexity index is 1010. The van der Waals surface area contributed by atoms with Crippen molar-refractivity contribution in [3.8, 4) is 6.07 Å². The number of aliphatic hydroxyl groups is 2. The number of anilines is 1. The van der Waals surface area contributed by atoms with E-state index >= 15 is 0 Å². The Labute approximate surface area is 188 Å². The van der Waals surface area contributed by atoms with Gasteiger partial charge in [-0.25, -0.2) is 0 Å². The minimum Gasteiger partial charge on any atom is -0.394 e. The van der Waals surface area contributed by atoms with Gasteiger partial charge in [-0.05, 0) is 47.0 Å². The number of morpholine rings is 1.